The number of thiazole rings is 1. The lowest BCUT2D eigenvalue weighted by atomic mass is 10.2. The lowest BCUT2D eigenvalue weighted by Gasteiger charge is -2.26. The molecule has 1 atom stereocenters. The van der Waals surface area contributed by atoms with Crippen LogP contribution >= 0.6 is 11.3 Å². The van der Waals surface area contributed by atoms with Gasteiger partial charge in [-0.05, 0) is 30.5 Å². The maximum absolute atomic E-state index is 13.4. The van der Waals surface area contributed by atoms with Crippen molar-refractivity contribution in [1.82, 2.24) is 24.8 Å². The second-order valence-electron chi connectivity index (χ2n) is 8.00. The zero-order chi connectivity index (χ0) is 23.9. The number of amides is 3. The Bertz CT molecular complexity index is 1090. The summed E-state index contributed by atoms with van der Waals surface area (Å²) < 4.78 is 20.7. The Kier molecular flexibility index (Phi) is 7.86. The molecule has 1 saturated heterocycles. The molecule has 0 saturated carbocycles. The van der Waals surface area contributed by atoms with Crippen LogP contribution in [0.3, 0.4) is 0 Å². The first kappa shape index (κ1) is 23.8. The molecule has 0 aliphatic carbocycles. The predicted octanol–water partition coefficient (Wildman–Crippen LogP) is 3.15. The highest BCUT2D eigenvalue weighted by Crippen LogP contribution is 2.27. The van der Waals surface area contributed by atoms with E-state index < -0.39 is 0 Å². The van der Waals surface area contributed by atoms with E-state index in [1.807, 2.05) is 10.8 Å². The fraction of sp³-hybridized carbons (Fsp3) is 0.391. The topological polar surface area (TPSA) is 92.6 Å². The van der Waals surface area contributed by atoms with E-state index in [1.54, 1.807) is 36.7 Å². The Labute approximate surface area is 201 Å². The van der Waals surface area contributed by atoms with Gasteiger partial charge in [-0.1, -0.05) is 23.5 Å². The number of anilines is 1. The normalized spacial score (nSPS) is 15.5. The van der Waals surface area contributed by atoms with Crippen LogP contribution in [0, 0.1) is 5.82 Å². The van der Waals surface area contributed by atoms with Gasteiger partial charge < -0.3 is 19.5 Å². The highest BCUT2D eigenvalue weighted by molar-refractivity contribution is 7.17. The molecule has 3 amide bonds. The molecule has 0 radical (unpaired) electrons. The van der Waals surface area contributed by atoms with Crippen LogP contribution in [0.2, 0.25) is 0 Å². The lowest BCUT2D eigenvalue weighted by molar-refractivity contribution is 0.0956. The highest BCUT2D eigenvalue weighted by Gasteiger charge is 2.31. The molecular weight excluding hydrogens is 459 g/mol. The van der Waals surface area contributed by atoms with Crippen LogP contribution in [-0.2, 0) is 17.8 Å². The van der Waals surface area contributed by atoms with Gasteiger partial charge in [0.2, 0.25) is 0 Å². The summed E-state index contributed by atoms with van der Waals surface area (Å²) >= 11 is 1.16. The molecule has 34 heavy (non-hydrogen) atoms. The SMILES string of the molecule is COC1CCN(C(=O)N(Cc2ccc(F)cc2)c2ncc(C(=O)NCCCn3ccnc3)s2)C1. The zero-order valence-electron chi connectivity index (χ0n) is 18.9. The van der Waals surface area contributed by atoms with Gasteiger partial charge in [-0.2, -0.15) is 0 Å². The van der Waals surface area contributed by atoms with Crippen molar-refractivity contribution >= 4 is 28.4 Å². The third kappa shape index (κ3) is 5.97. The fourth-order valence-corrected chi connectivity index (χ4v) is 4.54. The first-order valence-electron chi connectivity index (χ1n) is 11.1. The van der Waals surface area contributed by atoms with Gasteiger partial charge in [0.15, 0.2) is 5.13 Å². The number of benzene rings is 1. The van der Waals surface area contributed by atoms with Gasteiger partial charge in [-0.15, -0.1) is 0 Å². The predicted molar refractivity (Wildman–Crippen MR) is 126 cm³/mol. The molecular formula is C23H27FN6O3S. The molecule has 180 valence electrons. The van der Waals surface area contributed by atoms with Crippen LogP contribution in [-0.4, -0.2) is 64.2 Å². The molecule has 9 nitrogen and oxygen atoms in total. The number of nitrogens with one attached hydrogen (secondary N) is 1. The van der Waals surface area contributed by atoms with Crippen molar-refractivity contribution < 1.29 is 18.7 Å². The van der Waals surface area contributed by atoms with Crippen LogP contribution in [0.15, 0.2) is 49.2 Å². The van der Waals surface area contributed by atoms with E-state index in [2.05, 4.69) is 15.3 Å². The number of methoxy groups -OCH3 is 1. The molecule has 4 rings (SSSR count). The third-order valence-corrected chi connectivity index (χ3v) is 6.64. The number of halogens is 1. The van der Waals surface area contributed by atoms with Gasteiger partial charge in [0, 0.05) is 45.7 Å². The molecule has 1 aliphatic heterocycles. The average Bonchev–Trinajstić information content (AvgIpc) is 3.62. The van der Waals surface area contributed by atoms with E-state index in [0.717, 1.165) is 36.3 Å². The summed E-state index contributed by atoms with van der Waals surface area (Å²) in [6.07, 6.45) is 8.33. The molecule has 3 heterocycles. The van der Waals surface area contributed by atoms with Crippen molar-refractivity contribution in [3.8, 4) is 0 Å². The van der Waals surface area contributed by atoms with Crippen molar-refractivity contribution in [3.63, 3.8) is 0 Å². The van der Waals surface area contributed by atoms with Crippen molar-refractivity contribution in [3.05, 3.63) is 65.4 Å². The molecule has 0 spiro atoms. The molecule has 1 aliphatic rings. The summed E-state index contributed by atoms with van der Waals surface area (Å²) in [5.41, 5.74) is 0.762. The second-order valence-corrected chi connectivity index (χ2v) is 9.01. The summed E-state index contributed by atoms with van der Waals surface area (Å²) in [7, 11) is 1.63. The average molecular weight is 487 g/mol. The van der Waals surface area contributed by atoms with Crippen LogP contribution in [0.4, 0.5) is 14.3 Å². The van der Waals surface area contributed by atoms with Crippen molar-refractivity contribution in [2.45, 2.75) is 32.0 Å². The van der Waals surface area contributed by atoms with Gasteiger partial charge in [-0.3, -0.25) is 9.69 Å². The summed E-state index contributed by atoms with van der Waals surface area (Å²) in [6.45, 7) is 2.55. The number of carbonyl (C=O) groups is 2. The Morgan fingerprint density at radius 3 is 2.85 bits per heavy atom. The Morgan fingerprint density at radius 1 is 1.32 bits per heavy atom. The minimum atomic E-state index is -0.342. The number of aryl methyl sites for hydroxylation is 1. The number of urea groups is 1. The second kappa shape index (κ2) is 11.2. The van der Waals surface area contributed by atoms with Crippen LogP contribution < -0.4 is 10.2 Å². The maximum Gasteiger partial charge on any atom is 0.326 e. The number of carbonyl (C=O) groups excluding carboxylic acids is 2. The van der Waals surface area contributed by atoms with Crippen molar-refractivity contribution in [2.24, 2.45) is 0 Å². The highest BCUT2D eigenvalue weighted by atomic mass is 32.1. The number of hydrogen-bond acceptors (Lipinski definition) is 6. The summed E-state index contributed by atoms with van der Waals surface area (Å²) in [4.78, 5) is 38.0. The Morgan fingerprint density at radius 2 is 2.15 bits per heavy atom. The molecule has 1 fully saturated rings. The summed E-state index contributed by atoms with van der Waals surface area (Å²) in [5, 5.41) is 3.31. The standard InChI is InChI=1S/C23H27FN6O3S/c1-33-19-7-11-29(15-19)23(32)30(14-17-3-5-18(24)6-4-17)22-27-13-20(34-22)21(31)26-8-2-10-28-12-9-25-16-28/h3-6,9,12-13,16,19H,2,7-8,10-11,14-15H2,1H3,(H,26,31). The number of rotatable bonds is 9. The number of ether oxygens (including phenoxy) is 1. The molecule has 11 heteroatoms. The molecule has 1 aromatic carbocycles. The third-order valence-electron chi connectivity index (χ3n) is 5.62. The van der Waals surface area contributed by atoms with E-state index >= 15 is 0 Å². The lowest BCUT2D eigenvalue weighted by Crippen LogP contribution is -2.42. The monoisotopic (exact) mass is 486 g/mol. The van der Waals surface area contributed by atoms with Crippen molar-refractivity contribution in [2.75, 3.05) is 31.6 Å². The Balaban J connectivity index is 1.43. The summed E-state index contributed by atoms with van der Waals surface area (Å²) in [5.74, 6) is -0.575. The van der Waals surface area contributed by atoms with Crippen LogP contribution in [0.1, 0.15) is 28.1 Å². The number of hydrogen-bond donors (Lipinski definition) is 1. The van der Waals surface area contributed by atoms with Gasteiger partial charge >= 0.3 is 6.03 Å². The minimum absolute atomic E-state index is 0.00317. The molecule has 0 bridgehead atoms. The number of imidazole rings is 1. The van der Waals surface area contributed by atoms with Crippen LogP contribution in [0.5, 0.6) is 0 Å². The van der Waals surface area contributed by atoms with E-state index in [-0.39, 0.29) is 30.4 Å². The molecule has 2 aromatic heterocycles. The van der Waals surface area contributed by atoms with E-state index in [9.17, 15) is 14.0 Å². The maximum atomic E-state index is 13.4. The first-order valence-corrected chi connectivity index (χ1v) is 11.9. The van der Waals surface area contributed by atoms with Gasteiger partial charge in [0.05, 0.1) is 25.2 Å². The molecule has 1 unspecified atom stereocenters. The van der Waals surface area contributed by atoms with E-state index in [1.165, 1.54) is 23.2 Å². The number of aromatic nitrogens is 3. The smallest absolute Gasteiger partial charge is 0.326 e. The van der Waals surface area contributed by atoms with Crippen LogP contribution in [0.25, 0.3) is 0 Å². The van der Waals surface area contributed by atoms with E-state index in [0.29, 0.717) is 29.6 Å². The zero-order valence-corrected chi connectivity index (χ0v) is 19.7. The minimum Gasteiger partial charge on any atom is -0.380 e. The largest absolute Gasteiger partial charge is 0.380 e. The number of likely N-dealkylation sites (tertiary alicyclic amines) is 1. The summed E-state index contributed by atoms with van der Waals surface area (Å²) in [6, 6.07) is 5.78. The van der Waals surface area contributed by atoms with Gasteiger partial charge in [0.25, 0.3) is 5.91 Å². The van der Waals surface area contributed by atoms with Gasteiger partial charge in [-0.25, -0.2) is 19.2 Å². The number of nitrogens with zero attached hydrogens (tertiary/aromatic N) is 5. The van der Waals surface area contributed by atoms with Gasteiger partial charge in [0.1, 0.15) is 10.7 Å². The van der Waals surface area contributed by atoms with Crippen molar-refractivity contribution in [1.29, 1.82) is 0 Å². The quantitative estimate of drug-likeness (QED) is 0.469. The first-order chi connectivity index (χ1) is 16.5. The molecule has 1 N–H and O–H groups in total. The Hall–Kier alpha value is -3.31. The molecule has 3 aromatic rings. The van der Waals surface area contributed by atoms with E-state index in [4.69, 9.17) is 4.74 Å². The fourth-order valence-electron chi connectivity index (χ4n) is 3.72.